The SMILES string of the molecule is COc1cc(CC(=O)O)ccc1Oc1ccc2c(cnn2COCC[Si](C)(C)C)c1[N+](=O)[O-]. The zero-order valence-corrected chi connectivity index (χ0v) is 20.0. The summed E-state index contributed by atoms with van der Waals surface area (Å²) >= 11 is 0. The number of carboxylic acids is 1. The Bertz CT molecular complexity index is 1170. The highest BCUT2D eigenvalue weighted by Gasteiger charge is 2.24. The summed E-state index contributed by atoms with van der Waals surface area (Å²) in [5.74, 6) is -0.449. The maximum Gasteiger partial charge on any atom is 0.322 e. The quantitative estimate of drug-likeness (QED) is 0.184. The van der Waals surface area contributed by atoms with E-state index in [0.717, 1.165) is 6.04 Å². The maximum atomic E-state index is 11.9. The summed E-state index contributed by atoms with van der Waals surface area (Å²) in [4.78, 5) is 22.3. The van der Waals surface area contributed by atoms with Crippen LogP contribution in [0.5, 0.6) is 17.2 Å². The monoisotopic (exact) mass is 473 g/mol. The Hall–Kier alpha value is -3.44. The number of nitrogens with zero attached hydrogens (tertiary/aromatic N) is 3. The van der Waals surface area contributed by atoms with Gasteiger partial charge in [-0.2, -0.15) is 5.10 Å². The molecular formula is C22H27N3O7Si. The van der Waals surface area contributed by atoms with E-state index in [2.05, 4.69) is 24.7 Å². The molecule has 0 atom stereocenters. The van der Waals surface area contributed by atoms with Crippen LogP contribution in [0.25, 0.3) is 10.9 Å². The first-order chi connectivity index (χ1) is 15.6. The number of fused-ring (bicyclic) bond motifs is 1. The molecule has 3 rings (SSSR count). The van der Waals surface area contributed by atoms with Crippen molar-refractivity contribution in [1.29, 1.82) is 0 Å². The fourth-order valence-electron chi connectivity index (χ4n) is 3.22. The largest absolute Gasteiger partial charge is 0.493 e. The van der Waals surface area contributed by atoms with Crippen LogP contribution in [0.2, 0.25) is 25.7 Å². The Morgan fingerprint density at radius 3 is 2.55 bits per heavy atom. The summed E-state index contributed by atoms with van der Waals surface area (Å²) in [6, 6.07) is 8.84. The van der Waals surface area contributed by atoms with E-state index in [-0.39, 0.29) is 36.1 Å². The number of aromatic nitrogens is 2. The van der Waals surface area contributed by atoms with Crippen LogP contribution in [0.3, 0.4) is 0 Å². The van der Waals surface area contributed by atoms with E-state index in [1.54, 1.807) is 16.8 Å². The second kappa shape index (κ2) is 10.0. The highest BCUT2D eigenvalue weighted by atomic mass is 28.3. The van der Waals surface area contributed by atoms with Crippen LogP contribution in [0.15, 0.2) is 36.5 Å². The summed E-state index contributed by atoms with van der Waals surface area (Å²) < 4.78 is 18.4. The smallest absolute Gasteiger partial charge is 0.322 e. The maximum absolute atomic E-state index is 11.9. The first kappa shape index (κ1) is 24.2. The number of aliphatic carboxylic acids is 1. The van der Waals surface area contributed by atoms with Crippen molar-refractivity contribution < 1.29 is 29.0 Å². The molecule has 176 valence electrons. The van der Waals surface area contributed by atoms with Crippen LogP contribution in [-0.2, 0) is 22.7 Å². The fourth-order valence-corrected chi connectivity index (χ4v) is 3.98. The Balaban J connectivity index is 1.88. The average molecular weight is 474 g/mol. The first-order valence-corrected chi connectivity index (χ1v) is 14.1. The predicted octanol–water partition coefficient (Wildman–Crippen LogP) is 4.68. The lowest BCUT2D eigenvalue weighted by molar-refractivity contribution is -0.383. The Morgan fingerprint density at radius 1 is 1.18 bits per heavy atom. The minimum Gasteiger partial charge on any atom is -0.493 e. The summed E-state index contributed by atoms with van der Waals surface area (Å²) in [7, 11) is 0.192. The molecule has 0 saturated carbocycles. The Labute approximate surface area is 191 Å². The molecule has 33 heavy (non-hydrogen) atoms. The normalized spacial score (nSPS) is 11.5. The molecule has 2 aromatic carbocycles. The van der Waals surface area contributed by atoms with E-state index in [0.29, 0.717) is 23.1 Å². The van der Waals surface area contributed by atoms with Crippen LogP contribution in [-0.4, -0.2) is 47.6 Å². The van der Waals surface area contributed by atoms with Crippen molar-refractivity contribution >= 4 is 30.6 Å². The molecule has 1 aromatic heterocycles. The van der Waals surface area contributed by atoms with Gasteiger partial charge in [-0.25, -0.2) is 4.68 Å². The van der Waals surface area contributed by atoms with Crippen molar-refractivity contribution in [1.82, 2.24) is 9.78 Å². The van der Waals surface area contributed by atoms with Gasteiger partial charge in [-0.05, 0) is 35.9 Å². The zero-order valence-electron chi connectivity index (χ0n) is 19.0. The molecule has 0 aliphatic carbocycles. The van der Waals surface area contributed by atoms with Crippen molar-refractivity contribution in [2.45, 2.75) is 38.8 Å². The summed E-state index contributed by atoms with van der Waals surface area (Å²) in [6.07, 6.45) is 1.25. The second-order valence-corrected chi connectivity index (χ2v) is 14.4. The summed E-state index contributed by atoms with van der Waals surface area (Å²) in [5, 5.41) is 25.5. The van der Waals surface area contributed by atoms with Crippen LogP contribution < -0.4 is 9.47 Å². The van der Waals surface area contributed by atoms with E-state index in [4.69, 9.17) is 19.3 Å². The minimum atomic E-state index is -1.22. The van der Waals surface area contributed by atoms with Crippen LogP contribution in [0, 0.1) is 10.1 Å². The number of hydrogen-bond acceptors (Lipinski definition) is 7. The van der Waals surface area contributed by atoms with Gasteiger partial charge in [-0.15, -0.1) is 0 Å². The van der Waals surface area contributed by atoms with Gasteiger partial charge in [0.15, 0.2) is 11.5 Å². The van der Waals surface area contributed by atoms with Crippen LogP contribution in [0.4, 0.5) is 5.69 Å². The summed E-state index contributed by atoms with van der Waals surface area (Å²) in [6.45, 7) is 7.60. The minimum absolute atomic E-state index is 0.0241. The topological polar surface area (TPSA) is 126 Å². The van der Waals surface area contributed by atoms with Gasteiger partial charge in [0, 0.05) is 14.7 Å². The fraction of sp³-hybridized carbons (Fsp3) is 0.364. The standard InChI is InChI=1S/C22H27N3O7Si/c1-30-20-11-15(12-21(26)27)5-7-18(20)32-19-8-6-17-16(22(19)25(28)29)13-23-24(17)14-31-9-10-33(2,3)4/h5-8,11,13H,9-10,12,14H2,1-4H3,(H,26,27). The first-order valence-electron chi connectivity index (χ1n) is 10.4. The molecule has 0 bridgehead atoms. The van der Waals surface area contributed by atoms with Crippen molar-refractivity contribution in [3.8, 4) is 17.2 Å². The number of ether oxygens (including phenoxy) is 3. The molecule has 0 amide bonds. The lowest BCUT2D eigenvalue weighted by atomic mass is 10.1. The molecule has 10 nitrogen and oxygen atoms in total. The van der Waals surface area contributed by atoms with E-state index in [1.807, 2.05) is 0 Å². The number of benzene rings is 2. The van der Waals surface area contributed by atoms with Crippen LogP contribution >= 0.6 is 0 Å². The Morgan fingerprint density at radius 2 is 1.91 bits per heavy atom. The average Bonchev–Trinajstić information content (AvgIpc) is 3.13. The van der Waals surface area contributed by atoms with Gasteiger partial charge in [0.25, 0.3) is 0 Å². The second-order valence-electron chi connectivity index (χ2n) is 8.75. The molecule has 0 aliphatic rings. The zero-order chi connectivity index (χ0) is 24.2. The molecule has 11 heteroatoms. The third kappa shape index (κ3) is 6.08. The lowest BCUT2D eigenvalue weighted by Crippen LogP contribution is -2.22. The number of nitro groups is 1. The van der Waals surface area contributed by atoms with Crippen molar-refractivity contribution in [2.75, 3.05) is 13.7 Å². The molecular weight excluding hydrogens is 446 g/mol. The number of carbonyl (C=O) groups is 1. The number of hydrogen-bond donors (Lipinski definition) is 1. The summed E-state index contributed by atoms with van der Waals surface area (Å²) in [5.41, 5.74) is 0.857. The van der Waals surface area contributed by atoms with E-state index in [9.17, 15) is 14.9 Å². The van der Waals surface area contributed by atoms with Gasteiger partial charge in [-0.1, -0.05) is 25.7 Å². The molecule has 3 aromatic rings. The Kier molecular flexibility index (Phi) is 7.34. The molecule has 0 saturated heterocycles. The lowest BCUT2D eigenvalue weighted by Gasteiger charge is -2.15. The molecule has 0 fully saturated rings. The molecule has 1 N–H and O–H groups in total. The molecule has 1 heterocycles. The van der Waals surface area contributed by atoms with Gasteiger partial charge >= 0.3 is 11.7 Å². The number of rotatable bonds is 11. The number of nitro benzene ring substituents is 1. The number of methoxy groups -OCH3 is 1. The van der Waals surface area contributed by atoms with Crippen molar-refractivity contribution in [2.24, 2.45) is 0 Å². The predicted molar refractivity (Wildman–Crippen MR) is 125 cm³/mol. The number of carboxylic acid groups (broad SMARTS) is 1. The van der Waals surface area contributed by atoms with Crippen molar-refractivity contribution in [3.63, 3.8) is 0 Å². The van der Waals surface area contributed by atoms with E-state index >= 15 is 0 Å². The van der Waals surface area contributed by atoms with E-state index in [1.165, 1.54) is 31.5 Å². The van der Waals surface area contributed by atoms with Gasteiger partial charge in [-0.3, -0.25) is 14.9 Å². The highest BCUT2D eigenvalue weighted by molar-refractivity contribution is 6.76. The molecule has 0 radical (unpaired) electrons. The van der Waals surface area contributed by atoms with E-state index < -0.39 is 19.0 Å². The molecule has 0 aliphatic heterocycles. The van der Waals surface area contributed by atoms with Crippen molar-refractivity contribution in [3.05, 3.63) is 52.2 Å². The molecule has 0 unspecified atom stereocenters. The highest BCUT2D eigenvalue weighted by Crippen LogP contribution is 2.40. The van der Waals surface area contributed by atoms with Gasteiger partial charge in [0.1, 0.15) is 12.1 Å². The van der Waals surface area contributed by atoms with Gasteiger partial charge in [0.05, 0.1) is 30.2 Å². The third-order valence-electron chi connectivity index (χ3n) is 4.96. The van der Waals surface area contributed by atoms with Gasteiger partial charge < -0.3 is 19.3 Å². The van der Waals surface area contributed by atoms with Gasteiger partial charge in [0.2, 0.25) is 5.75 Å². The van der Waals surface area contributed by atoms with Crippen LogP contribution in [0.1, 0.15) is 5.56 Å². The molecule has 0 spiro atoms. The third-order valence-corrected chi connectivity index (χ3v) is 6.66.